The van der Waals surface area contributed by atoms with Crippen LogP contribution in [0.15, 0.2) is 54.6 Å². The fraction of sp³-hybridized carbons (Fsp3) is 0.409. The van der Waals surface area contributed by atoms with Gasteiger partial charge in [-0.2, -0.15) is 0 Å². The van der Waals surface area contributed by atoms with Crippen LogP contribution in [0.3, 0.4) is 0 Å². The lowest BCUT2D eigenvalue weighted by Crippen LogP contribution is -2.38. The van der Waals surface area contributed by atoms with Crippen molar-refractivity contribution in [3.8, 4) is 0 Å². The predicted molar refractivity (Wildman–Crippen MR) is 111 cm³/mol. The molecule has 0 saturated heterocycles. The van der Waals surface area contributed by atoms with Crippen molar-refractivity contribution in [2.75, 3.05) is 10.6 Å². The van der Waals surface area contributed by atoms with Crippen molar-refractivity contribution in [3.05, 3.63) is 65.7 Å². The van der Waals surface area contributed by atoms with Crippen LogP contribution in [0.1, 0.15) is 41.6 Å². The molecular weight excluding hydrogens is 372 g/mol. The number of nitrogens with one attached hydrogen (secondary N) is 1. The van der Waals surface area contributed by atoms with Gasteiger partial charge in [-0.15, -0.1) is 0 Å². The first-order valence-electron chi connectivity index (χ1n) is 9.83. The number of sulfonamides is 1. The average Bonchev–Trinajstić information content (AvgIpc) is 3.29. The molecule has 0 unspecified atom stereocenters. The van der Waals surface area contributed by atoms with Gasteiger partial charge in [-0.25, -0.2) is 8.42 Å². The number of fused-ring (bicyclic) bond motifs is 2. The maximum absolute atomic E-state index is 12.6. The van der Waals surface area contributed by atoms with Crippen LogP contribution < -0.4 is 9.62 Å². The lowest BCUT2D eigenvalue weighted by atomic mass is 9.95. The van der Waals surface area contributed by atoms with E-state index in [0.29, 0.717) is 17.2 Å². The number of nitrogens with zero attached hydrogens (tertiary/aromatic N) is 1. The number of hydrogen-bond donors (Lipinski definition) is 1. The second-order valence-electron chi connectivity index (χ2n) is 8.06. The summed E-state index contributed by atoms with van der Waals surface area (Å²) in [5.74, 6) is 1.33. The van der Waals surface area contributed by atoms with Crippen LogP contribution in [-0.2, 0) is 16.6 Å². The van der Waals surface area contributed by atoms with Crippen LogP contribution >= 0.6 is 0 Å². The van der Waals surface area contributed by atoms with E-state index >= 15 is 0 Å². The van der Waals surface area contributed by atoms with Crippen molar-refractivity contribution in [1.82, 2.24) is 5.32 Å². The Morgan fingerprint density at radius 1 is 1.04 bits per heavy atom. The average molecular weight is 399 g/mol. The standard InChI is InChI=1S/C22H26N2O3S/c1-28(26,27)24(15-16-5-3-2-4-6-16)20-11-9-18(10-12-20)22(25)23-21-14-17-7-8-19(21)13-17/h2-6,9-12,17,19,21H,7-8,13-15H2,1H3,(H,23,25)/t17-,19+,21-/m0/s1. The summed E-state index contributed by atoms with van der Waals surface area (Å²) in [5, 5.41) is 3.17. The van der Waals surface area contributed by atoms with Gasteiger partial charge in [0.1, 0.15) is 0 Å². The maximum atomic E-state index is 12.6. The van der Waals surface area contributed by atoms with E-state index in [1.165, 1.54) is 29.8 Å². The van der Waals surface area contributed by atoms with Gasteiger partial charge in [-0.05, 0) is 60.9 Å². The SMILES string of the molecule is CS(=O)(=O)N(Cc1ccccc1)c1ccc(C(=O)N[C@H]2C[C@H]3CC[C@@H]2C3)cc1. The molecule has 2 aromatic carbocycles. The van der Waals surface area contributed by atoms with Crippen molar-refractivity contribution in [1.29, 1.82) is 0 Å². The molecule has 1 amide bonds. The molecule has 2 aliphatic rings. The monoisotopic (exact) mass is 398 g/mol. The molecule has 0 aliphatic heterocycles. The summed E-state index contributed by atoms with van der Waals surface area (Å²) < 4.78 is 26.0. The Morgan fingerprint density at radius 2 is 1.75 bits per heavy atom. The first-order valence-corrected chi connectivity index (χ1v) is 11.7. The van der Waals surface area contributed by atoms with E-state index in [2.05, 4.69) is 5.32 Å². The van der Waals surface area contributed by atoms with Crippen molar-refractivity contribution >= 4 is 21.6 Å². The zero-order valence-electron chi connectivity index (χ0n) is 16.0. The van der Waals surface area contributed by atoms with E-state index in [9.17, 15) is 13.2 Å². The molecule has 2 aliphatic carbocycles. The van der Waals surface area contributed by atoms with Crippen LogP contribution in [0.4, 0.5) is 5.69 Å². The molecule has 0 heterocycles. The normalized spacial score (nSPS) is 23.5. The number of carbonyl (C=O) groups is 1. The third kappa shape index (κ3) is 4.07. The highest BCUT2D eigenvalue weighted by Gasteiger charge is 2.40. The zero-order valence-corrected chi connectivity index (χ0v) is 16.9. The quantitative estimate of drug-likeness (QED) is 0.809. The number of benzene rings is 2. The highest BCUT2D eigenvalue weighted by Crippen LogP contribution is 2.44. The van der Waals surface area contributed by atoms with E-state index < -0.39 is 10.0 Å². The topological polar surface area (TPSA) is 66.5 Å². The van der Waals surface area contributed by atoms with Crippen molar-refractivity contribution in [2.45, 2.75) is 38.3 Å². The predicted octanol–water partition coefficient (Wildman–Crippen LogP) is 3.57. The zero-order chi connectivity index (χ0) is 19.7. The summed E-state index contributed by atoms with van der Waals surface area (Å²) in [4.78, 5) is 12.6. The Labute approximate surface area is 166 Å². The molecule has 2 fully saturated rings. The van der Waals surface area contributed by atoms with E-state index in [1.54, 1.807) is 24.3 Å². The molecule has 1 N–H and O–H groups in total. The van der Waals surface area contributed by atoms with Crippen LogP contribution in [0.25, 0.3) is 0 Å². The second-order valence-corrected chi connectivity index (χ2v) is 9.96. The molecule has 28 heavy (non-hydrogen) atoms. The first kappa shape index (κ1) is 19.0. The molecule has 3 atom stereocenters. The minimum atomic E-state index is -3.44. The van der Waals surface area contributed by atoms with Gasteiger partial charge in [-0.3, -0.25) is 9.10 Å². The fourth-order valence-electron chi connectivity index (χ4n) is 4.60. The van der Waals surface area contributed by atoms with Gasteiger partial charge in [0.15, 0.2) is 0 Å². The van der Waals surface area contributed by atoms with Gasteiger partial charge in [0.05, 0.1) is 18.5 Å². The molecular formula is C22H26N2O3S. The van der Waals surface area contributed by atoms with Crippen molar-refractivity contribution in [3.63, 3.8) is 0 Å². The van der Waals surface area contributed by atoms with Crippen LogP contribution in [0, 0.1) is 11.8 Å². The number of amides is 1. The van der Waals surface area contributed by atoms with E-state index in [0.717, 1.165) is 17.9 Å². The summed E-state index contributed by atoms with van der Waals surface area (Å²) in [6.07, 6.45) is 6.05. The van der Waals surface area contributed by atoms with Crippen LogP contribution in [-0.4, -0.2) is 26.6 Å². The third-order valence-corrected chi connectivity index (χ3v) is 7.18. The highest BCUT2D eigenvalue weighted by atomic mass is 32.2. The Morgan fingerprint density at radius 3 is 2.32 bits per heavy atom. The number of hydrogen-bond acceptors (Lipinski definition) is 3. The molecule has 2 bridgehead atoms. The van der Waals surface area contributed by atoms with Crippen molar-refractivity contribution < 1.29 is 13.2 Å². The lowest BCUT2D eigenvalue weighted by Gasteiger charge is -2.24. The van der Waals surface area contributed by atoms with Crippen LogP contribution in [0.2, 0.25) is 0 Å². The van der Waals surface area contributed by atoms with E-state index in [1.807, 2.05) is 30.3 Å². The molecule has 6 heteroatoms. The minimum Gasteiger partial charge on any atom is -0.349 e. The number of carbonyl (C=O) groups excluding carboxylic acids is 1. The summed E-state index contributed by atoms with van der Waals surface area (Å²) in [5.41, 5.74) is 2.04. The Hall–Kier alpha value is -2.34. The van der Waals surface area contributed by atoms with Crippen molar-refractivity contribution in [2.24, 2.45) is 11.8 Å². The molecule has 5 nitrogen and oxygen atoms in total. The molecule has 0 aromatic heterocycles. The van der Waals surface area contributed by atoms with Gasteiger partial charge in [-0.1, -0.05) is 36.8 Å². The number of rotatable bonds is 6. The fourth-order valence-corrected chi connectivity index (χ4v) is 5.49. The largest absolute Gasteiger partial charge is 0.349 e. The lowest BCUT2D eigenvalue weighted by molar-refractivity contribution is 0.0923. The van der Waals surface area contributed by atoms with Gasteiger partial charge < -0.3 is 5.32 Å². The third-order valence-electron chi connectivity index (χ3n) is 6.04. The summed E-state index contributed by atoms with van der Waals surface area (Å²) in [6, 6.07) is 16.6. The van der Waals surface area contributed by atoms with E-state index in [4.69, 9.17) is 0 Å². The Bertz CT molecular complexity index is 942. The van der Waals surface area contributed by atoms with Gasteiger partial charge >= 0.3 is 0 Å². The number of anilines is 1. The maximum Gasteiger partial charge on any atom is 0.251 e. The summed E-state index contributed by atoms with van der Waals surface area (Å²) in [7, 11) is -3.44. The Balaban J connectivity index is 1.48. The molecule has 4 rings (SSSR count). The molecule has 148 valence electrons. The van der Waals surface area contributed by atoms with Crippen LogP contribution in [0.5, 0.6) is 0 Å². The minimum absolute atomic E-state index is 0.0712. The van der Waals surface area contributed by atoms with Gasteiger partial charge in [0.25, 0.3) is 5.91 Å². The highest BCUT2D eigenvalue weighted by molar-refractivity contribution is 7.92. The first-order chi connectivity index (χ1) is 13.4. The van der Waals surface area contributed by atoms with Gasteiger partial charge in [0, 0.05) is 11.6 Å². The molecule has 0 radical (unpaired) electrons. The summed E-state index contributed by atoms with van der Waals surface area (Å²) in [6.45, 7) is 0.260. The molecule has 2 saturated carbocycles. The molecule has 2 aromatic rings. The van der Waals surface area contributed by atoms with Gasteiger partial charge in [0.2, 0.25) is 10.0 Å². The Kier molecular flexibility index (Phi) is 5.15. The van der Waals surface area contributed by atoms with E-state index in [-0.39, 0.29) is 18.5 Å². The smallest absolute Gasteiger partial charge is 0.251 e. The molecule has 0 spiro atoms. The summed E-state index contributed by atoms with van der Waals surface area (Å²) >= 11 is 0. The second kappa shape index (κ2) is 7.59.